The van der Waals surface area contributed by atoms with Crippen LogP contribution >= 0.6 is 0 Å². The highest BCUT2D eigenvalue weighted by atomic mass is 16.7. The van der Waals surface area contributed by atoms with E-state index < -0.39 is 60.7 Å². The molecule has 5 aromatic rings. The summed E-state index contributed by atoms with van der Waals surface area (Å²) in [5.74, 6) is -2.15. The van der Waals surface area contributed by atoms with E-state index in [1.807, 2.05) is 24.3 Å². The number of anilines is 1. The first-order valence-corrected chi connectivity index (χ1v) is 17.8. The molecule has 1 aliphatic rings. The molecule has 0 amide bonds. The van der Waals surface area contributed by atoms with Gasteiger partial charge in [0, 0.05) is 25.1 Å². The number of ether oxygens (including phenoxy) is 7. The van der Waals surface area contributed by atoms with Crippen molar-refractivity contribution >= 4 is 29.6 Å². The van der Waals surface area contributed by atoms with Crippen LogP contribution in [0.5, 0.6) is 11.5 Å². The van der Waals surface area contributed by atoms with Gasteiger partial charge in [0.1, 0.15) is 24.2 Å². The van der Waals surface area contributed by atoms with Crippen LogP contribution < -0.4 is 15.2 Å². The van der Waals surface area contributed by atoms with Crippen molar-refractivity contribution in [1.29, 1.82) is 0 Å². The Labute approximate surface area is 324 Å². The lowest BCUT2D eigenvalue weighted by Gasteiger charge is -2.50. The normalized spacial score (nSPS) is 20.2. The second-order valence-corrected chi connectivity index (χ2v) is 13.2. The molecule has 5 atom stereocenters. The monoisotopic (exact) mass is 759 g/mol. The summed E-state index contributed by atoms with van der Waals surface area (Å²) in [5.41, 5.74) is 6.90. The summed E-state index contributed by atoms with van der Waals surface area (Å²) < 4.78 is 42.4. The molecule has 6 rings (SSSR count). The molecule has 0 saturated carbocycles. The van der Waals surface area contributed by atoms with Gasteiger partial charge in [-0.2, -0.15) is 0 Å². The largest absolute Gasteiger partial charge is 0.497 e. The number of carbonyl (C=O) groups excluding carboxylic acids is 4. The second-order valence-electron chi connectivity index (χ2n) is 13.2. The van der Waals surface area contributed by atoms with E-state index in [1.54, 1.807) is 116 Å². The SMILES string of the molecule is COc1ccc(Cc2ccc(N)cc2O[C@@H]2O[C@H](COC(=O)c3ccccc3)[C@@](C)(OC(C)=O)[C@H](OC(=O)c3ccccc3)[C@H]2OC(=O)c2ccccc2)cc1. The molecule has 1 heterocycles. The molecule has 12 heteroatoms. The van der Waals surface area contributed by atoms with Gasteiger partial charge in [-0.15, -0.1) is 0 Å². The van der Waals surface area contributed by atoms with Gasteiger partial charge in [-0.05, 0) is 72.6 Å². The smallest absolute Gasteiger partial charge is 0.338 e. The Kier molecular flexibility index (Phi) is 12.3. The van der Waals surface area contributed by atoms with Gasteiger partial charge in [-0.3, -0.25) is 4.79 Å². The number of methoxy groups -OCH3 is 1. The van der Waals surface area contributed by atoms with Crippen molar-refractivity contribution in [3.8, 4) is 11.5 Å². The van der Waals surface area contributed by atoms with Crippen LogP contribution in [0.25, 0.3) is 0 Å². The molecule has 0 bridgehead atoms. The molecule has 0 spiro atoms. The molecular weight excluding hydrogens is 718 g/mol. The maximum atomic E-state index is 13.9. The first-order chi connectivity index (χ1) is 27.0. The third-order valence-electron chi connectivity index (χ3n) is 9.19. The molecule has 0 aliphatic carbocycles. The van der Waals surface area contributed by atoms with Gasteiger partial charge in [0.05, 0.1) is 23.8 Å². The number of hydrogen-bond donors (Lipinski definition) is 1. The number of rotatable bonds is 13. The van der Waals surface area contributed by atoms with Crippen molar-refractivity contribution in [2.24, 2.45) is 0 Å². The summed E-state index contributed by atoms with van der Waals surface area (Å²) in [5, 5.41) is 0. The second kappa shape index (κ2) is 17.7. The van der Waals surface area contributed by atoms with Gasteiger partial charge in [-0.1, -0.05) is 72.8 Å². The lowest BCUT2D eigenvalue weighted by Crippen LogP contribution is -2.70. The number of nitrogens with two attached hydrogens (primary N) is 1. The Bertz CT molecular complexity index is 2130. The predicted octanol–water partition coefficient (Wildman–Crippen LogP) is 6.60. The zero-order valence-corrected chi connectivity index (χ0v) is 31.0. The van der Waals surface area contributed by atoms with Gasteiger partial charge < -0.3 is 38.9 Å². The highest BCUT2D eigenvalue weighted by Gasteiger charge is 2.61. The van der Waals surface area contributed by atoms with E-state index in [0.29, 0.717) is 23.4 Å². The lowest BCUT2D eigenvalue weighted by atomic mass is 9.85. The van der Waals surface area contributed by atoms with Gasteiger partial charge in [0.2, 0.25) is 12.4 Å². The quantitative estimate of drug-likeness (QED) is 0.0780. The van der Waals surface area contributed by atoms with Crippen molar-refractivity contribution in [3.63, 3.8) is 0 Å². The number of esters is 4. The summed E-state index contributed by atoms with van der Waals surface area (Å²) in [7, 11) is 1.58. The van der Waals surface area contributed by atoms with Crippen molar-refractivity contribution in [3.05, 3.63) is 161 Å². The van der Waals surface area contributed by atoms with Crippen molar-refractivity contribution < 1.29 is 52.3 Å². The molecule has 288 valence electrons. The number of benzene rings is 5. The van der Waals surface area contributed by atoms with E-state index >= 15 is 0 Å². The summed E-state index contributed by atoms with van der Waals surface area (Å²) in [6.07, 6.45) is -5.66. The first kappa shape index (κ1) is 39.0. The average Bonchev–Trinajstić information content (AvgIpc) is 3.21. The van der Waals surface area contributed by atoms with Crippen LogP contribution in [0.2, 0.25) is 0 Å². The van der Waals surface area contributed by atoms with Gasteiger partial charge in [0.25, 0.3) is 0 Å². The van der Waals surface area contributed by atoms with Crippen molar-refractivity contribution in [1.82, 2.24) is 0 Å². The Morgan fingerprint density at radius 2 is 1.27 bits per heavy atom. The molecule has 0 radical (unpaired) electrons. The fourth-order valence-electron chi connectivity index (χ4n) is 6.31. The van der Waals surface area contributed by atoms with Crippen molar-refractivity contribution in [2.75, 3.05) is 19.5 Å². The van der Waals surface area contributed by atoms with Gasteiger partial charge >= 0.3 is 23.9 Å². The number of hydrogen-bond acceptors (Lipinski definition) is 12. The molecule has 12 nitrogen and oxygen atoms in total. The molecule has 0 aromatic heterocycles. The van der Waals surface area contributed by atoms with E-state index in [2.05, 4.69) is 0 Å². The highest BCUT2D eigenvalue weighted by molar-refractivity contribution is 5.91. The number of carbonyl (C=O) groups is 4. The minimum Gasteiger partial charge on any atom is -0.497 e. The summed E-state index contributed by atoms with van der Waals surface area (Å²) >= 11 is 0. The van der Waals surface area contributed by atoms with Gasteiger partial charge in [0.15, 0.2) is 11.7 Å². The predicted molar refractivity (Wildman–Crippen MR) is 204 cm³/mol. The fourth-order valence-corrected chi connectivity index (χ4v) is 6.31. The summed E-state index contributed by atoms with van der Waals surface area (Å²) in [4.78, 5) is 53.8. The Balaban J connectivity index is 1.44. The molecular formula is C44H41NO11. The number of nitrogen functional groups attached to an aromatic ring is 1. The minimum atomic E-state index is -1.92. The average molecular weight is 760 g/mol. The zero-order chi connectivity index (χ0) is 39.7. The van der Waals surface area contributed by atoms with Crippen LogP contribution in [-0.2, 0) is 34.9 Å². The topological polar surface area (TPSA) is 159 Å². The van der Waals surface area contributed by atoms with Crippen LogP contribution in [-0.4, -0.2) is 67.8 Å². The van der Waals surface area contributed by atoms with Crippen LogP contribution in [0.3, 0.4) is 0 Å². The van der Waals surface area contributed by atoms with Crippen LogP contribution in [0.4, 0.5) is 5.69 Å². The third-order valence-corrected chi connectivity index (χ3v) is 9.19. The van der Waals surface area contributed by atoms with Crippen LogP contribution in [0, 0.1) is 0 Å². The minimum absolute atomic E-state index is 0.166. The van der Waals surface area contributed by atoms with E-state index in [-0.39, 0.29) is 22.4 Å². The van der Waals surface area contributed by atoms with E-state index in [1.165, 1.54) is 13.8 Å². The standard InChI is InChI=1S/C44H41NO11/c1-28(46)56-44(2)37(27-51-40(47)30-13-7-4-8-14-30)53-43(52-36-26-34(45)22-21-33(36)25-29-19-23-35(50-3)24-20-29)38(54-41(48)31-15-9-5-10-16-31)39(44)55-42(49)32-17-11-6-12-18-32/h4-24,26,37-39,43H,25,27,45H2,1-3H3/t37-,38-,39-,43-,44-/m1/s1. The molecule has 56 heavy (non-hydrogen) atoms. The Morgan fingerprint density at radius 1 is 0.714 bits per heavy atom. The van der Waals surface area contributed by atoms with Crippen molar-refractivity contribution in [2.45, 2.75) is 50.5 Å². The third kappa shape index (κ3) is 9.34. The van der Waals surface area contributed by atoms with Gasteiger partial charge in [-0.25, -0.2) is 14.4 Å². The summed E-state index contributed by atoms with van der Waals surface area (Å²) in [6.45, 7) is 2.12. The molecule has 1 aliphatic heterocycles. The lowest BCUT2D eigenvalue weighted by molar-refractivity contribution is -0.309. The van der Waals surface area contributed by atoms with E-state index in [0.717, 1.165) is 5.56 Å². The highest BCUT2D eigenvalue weighted by Crippen LogP contribution is 2.40. The summed E-state index contributed by atoms with van der Waals surface area (Å²) in [6, 6.07) is 37.1. The maximum absolute atomic E-state index is 13.9. The molecule has 0 unspecified atom stereocenters. The molecule has 1 saturated heterocycles. The van der Waals surface area contributed by atoms with E-state index in [4.69, 9.17) is 38.9 Å². The molecule has 2 N–H and O–H groups in total. The Hall–Kier alpha value is -6.66. The van der Waals surface area contributed by atoms with Crippen LogP contribution in [0.15, 0.2) is 133 Å². The maximum Gasteiger partial charge on any atom is 0.338 e. The fraction of sp³-hybridized carbons (Fsp3) is 0.227. The Morgan fingerprint density at radius 3 is 1.82 bits per heavy atom. The van der Waals surface area contributed by atoms with Crippen LogP contribution in [0.1, 0.15) is 56.0 Å². The van der Waals surface area contributed by atoms with E-state index in [9.17, 15) is 19.2 Å². The molecule has 1 fully saturated rings. The molecule has 5 aromatic carbocycles. The zero-order valence-electron chi connectivity index (χ0n) is 31.0. The first-order valence-electron chi connectivity index (χ1n) is 17.8.